The summed E-state index contributed by atoms with van der Waals surface area (Å²) in [5, 5.41) is 13.8. The first-order chi connectivity index (χ1) is 18.8. The second kappa shape index (κ2) is 10.9. The molecule has 0 amide bonds. The van der Waals surface area contributed by atoms with Gasteiger partial charge in [-0.05, 0) is 96.1 Å². The van der Waals surface area contributed by atoms with Gasteiger partial charge in [0.1, 0.15) is 17.6 Å². The molecule has 3 aromatic heterocycles. The predicted octanol–water partition coefficient (Wildman–Crippen LogP) is 5.75. The van der Waals surface area contributed by atoms with Crippen LogP contribution in [0.25, 0.3) is 10.9 Å². The zero-order chi connectivity index (χ0) is 27.6. The van der Waals surface area contributed by atoms with Crippen molar-refractivity contribution in [3.8, 4) is 0 Å². The molecule has 0 aliphatic carbocycles. The summed E-state index contributed by atoms with van der Waals surface area (Å²) in [5.41, 5.74) is 2.73. The first-order valence-corrected chi connectivity index (χ1v) is 13.2. The van der Waals surface area contributed by atoms with E-state index >= 15 is 0 Å². The van der Waals surface area contributed by atoms with Crippen molar-refractivity contribution in [3.05, 3.63) is 111 Å². The highest BCUT2D eigenvalue weighted by atomic mass is 19.1. The number of nitrogens with zero attached hydrogens (tertiary/aromatic N) is 5. The number of tetrazole rings is 1. The highest BCUT2D eigenvalue weighted by molar-refractivity contribution is 5.80. The van der Waals surface area contributed by atoms with Gasteiger partial charge in [0, 0.05) is 17.6 Å². The topological polar surface area (TPSA) is 92.8 Å². The lowest BCUT2D eigenvalue weighted by molar-refractivity contribution is 0.168. The van der Waals surface area contributed by atoms with Crippen LogP contribution in [-0.2, 0) is 25.0 Å². The number of H-pyrrole nitrogens is 1. The van der Waals surface area contributed by atoms with Crippen LogP contribution in [-0.4, -0.2) is 30.1 Å². The van der Waals surface area contributed by atoms with E-state index in [0.717, 1.165) is 35.1 Å². The largest absolute Gasteiger partial charge is 0.468 e. The molecule has 0 saturated heterocycles. The molecule has 39 heavy (non-hydrogen) atoms. The lowest BCUT2D eigenvalue weighted by Gasteiger charge is -2.33. The SMILES string of the molecule is CCc1ccc2[nH]c(=O)c([C@H](c3nnnn3C(C)(C)CC)N(Cc3ccc(F)cc3)Cc3ccco3)cc2c1. The molecule has 5 aromatic rings. The van der Waals surface area contributed by atoms with Crippen LogP contribution in [0.1, 0.15) is 68.4 Å². The minimum atomic E-state index is -0.626. The minimum Gasteiger partial charge on any atom is -0.468 e. The number of furan rings is 1. The smallest absolute Gasteiger partial charge is 0.253 e. The Labute approximate surface area is 226 Å². The van der Waals surface area contributed by atoms with E-state index in [1.807, 2.05) is 35.0 Å². The number of aromatic amines is 1. The van der Waals surface area contributed by atoms with Crippen LogP contribution in [0.3, 0.4) is 0 Å². The average Bonchev–Trinajstić information content (AvgIpc) is 3.63. The highest BCUT2D eigenvalue weighted by Gasteiger charge is 2.35. The molecule has 0 unspecified atom stereocenters. The van der Waals surface area contributed by atoms with Crippen LogP contribution in [0.5, 0.6) is 0 Å². The van der Waals surface area contributed by atoms with E-state index in [-0.39, 0.29) is 11.4 Å². The van der Waals surface area contributed by atoms with Gasteiger partial charge in [-0.2, -0.15) is 0 Å². The maximum atomic E-state index is 13.8. The summed E-state index contributed by atoms with van der Waals surface area (Å²) in [6.45, 7) is 9.09. The third-order valence-electron chi connectivity index (χ3n) is 7.42. The molecule has 5 rings (SSSR count). The Morgan fingerprint density at radius 2 is 1.82 bits per heavy atom. The molecule has 1 N–H and O–H groups in total. The molecule has 0 spiro atoms. The number of aryl methyl sites for hydroxylation is 1. The zero-order valence-electron chi connectivity index (χ0n) is 22.7. The summed E-state index contributed by atoms with van der Waals surface area (Å²) in [6, 6.07) is 17.5. The summed E-state index contributed by atoms with van der Waals surface area (Å²) < 4.78 is 21.3. The van der Waals surface area contributed by atoms with Gasteiger partial charge in [0.15, 0.2) is 5.82 Å². The van der Waals surface area contributed by atoms with E-state index in [9.17, 15) is 9.18 Å². The third-order valence-corrected chi connectivity index (χ3v) is 7.42. The van der Waals surface area contributed by atoms with Gasteiger partial charge in [-0.1, -0.05) is 32.0 Å². The molecule has 8 nitrogen and oxygen atoms in total. The Bertz CT molecular complexity index is 1610. The number of pyridine rings is 1. The standard InChI is InChI=1S/C30H33FN6O2/c1-5-20-11-14-26-22(16-20)17-25(29(38)32-26)27(28-33-34-35-37(28)30(3,4)6-2)36(19-24-8-7-15-39-24)18-21-9-12-23(31)13-10-21/h7-17,27H,5-6,18-19H2,1-4H3,(H,32,38)/t27-/m1/s1. The summed E-state index contributed by atoms with van der Waals surface area (Å²) in [4.78, 5) is 18.9. The van der Waals surface area contributed by atoms with Crippen LogP contribution in [0, 0.1) is 5.82 Å². The first-order valence-electron chi connectivity index (χ1n) is 13.2. The van der Waals surface area contributed by atoms with Gasteiger partial charge in [-0.15, -0.1) is 5.10 Å². The molecule has 0 saturated carbocycles. The van der Waals surface area contributed by atoms with E-state index < -0.39 is 11.6 Å². The Kier molecular flexibility index (Phi) is 7.43. The van der Waals surface area contributed by atoms with Crippen molar-refractivity contribution in [1.82, 2.24) is 30.1 Å². The summed E-state index contributed by atoms with van der Waals surface area (Å²) in [6.07, 6.45) is 3.29. The Balaban J connectivity index is 1.73. The van der Waals surface area contributed by atoms with Gasteiger partial charge in [0.2, 0.25) is 0 Å². The van der Waals surface area contributed by atoms with Gasteiger partial charge in [0.25, 0.3) is 5.56 Å². The monoisotopic (exact) mass is 528 g/mol. The average molecular weight is 529 g/mol. The van der Waals surface area contributed by atoms with Crippen LogP contribution in [0.2, 0.25) is 0 Å². The summed E-state index contributed by atoms with van der Waals surface area (Å²) in [5.74, 6) is 0.965. The van der Waals surface area contributed by atoms with Crippen LogP contribution >= 0.6 is 0 Å². The second-order valence-electron chi connectivity index (χ2n) is 10.5. The summed E-state index contributed by atoms with van der Waals surface area (Å²) >= 11 is 0. The van der Waals surface area contributed by atoms with E-state index in [1.54, 1.807) is 18.4 Å². The molecule has 0 fully saturated rings. The third kappa shape index (κ3) is 5.54. The summed E-state index contributed by atoms with van der Waals surface area (Å²) in [7, 11) is 0. The van der Waals surface area contributed by atoms with Crippen molar-refractivity contribution in [2.75, 3.05) is 0 Å². The van der Waals surface area contributed by atoms with Crippen molar-refractivity contribution in [2.24, 2.45) is 0 Å². The molecule has 0 aliphatic heterocycles. The van der Waals surface area contributed by atoms with Crippen LogP contribution in [0.15, 0.2) is 76.1 Å². The molecule has 0 bridgehead atoms. The number of fused-ring (bicyclic) bond motifs is 1. The molecule has 1 atom stereocenters. The molecule has 2 aromatic carbocycles. The number of aromatic nitrogens is 5. The van der Waals surface area contributed by atoms with Crippen LogP contribution in [0.4, 0.5) is 4.39 Å². The van der Waals surface area contributed by atoms with Gasteiger partial charge >= 0.3 is 0 Å². The number of nitrogens with one attached hydrogen (secondary N) is 1. The normalized spacial score (nSPS) is 12.9. The van der Waals surface area contributed by atoms with Crippen LogP contribution < -0.4 is 5.56 Å². The number of hydrogen-bond acceptors (Lipinski definition) is 6. The lowest BCUT2D eigenvalue weighted by Crippen LogP contribution is -2.38. The van der Waals surface area contributed by atoms with E-state index in [2.05, 4.69) is 59.2 Å². The Morgan fingerprint density at radius 3 is 2.51 bits per heavy atom. The van der Waals surface area contributed by atoms with Crippen molar-refractivity contribution in [3.63, 3.8) is 0 Å². The van der Waals surface area contributed by atoms with Gasteiger partial charge < -0.3 is 9.40 Å². The van der Waals surface area contributed by atoms with Gasteiger partial charge in [0.05, 0.1) is 18.3 Å². The zero-order valence-corrected chi connectivity index (χ0v) is 22.7. The fraction of sp³-hybridized carbons (Fsp3) is 0.333. The van der Waals surface area contributed by atoms with Crippen molar-refractivity contribution in [2.45, 2.75) is 65.2 Å². The van der Waals surface area contributed by atoms with Crippen molar-refractivity contribution in [1.29, 1.82) is 0 Å². The maximum absolute atomic E-state index is 13.8. The highest BCUT2D eigenvalue weighted by Crippen LogP contribution is 2.33. The predicted molar refractivity (Wildman–Crippen MR) is 148 cm³/mol. The second-order valence-corrected chi connectivity index (χ2v) is 10.5. The maximum Gasteiger partial charge on any atom is 0.253 e. The molecule has 9 heteroatoms. The fourth-order valence-electron chi connectivity index (χ4n) is 4.81. The quantitative estimate of drug-likeness (QED) is 0.248. The van der Waals surface area contributed by atoms with E-state index in [0.29, 0.717) is 24.5 Å². The van der Waals surface area contributed by atoms with Crippen molar-refractivity contribution < 1.29 is 8.81 Å². The Hall–Kier alpha value is -4.11. The fourth-order valence-corrected chi connectivity index (χ4v) is 4.81. The molecule has 3 heterocycles. The molecular formula is C30H33FN6O2. The number of benzene rings is 2. The van der Waals surface area contributed by atoms with E-state index in [1.165, 1.54) is 17.7 Å². The van der Waals surface area contributed by atoms with Gasteiger partial charge in [-0.3, -0.25) is 9.69 Å². The van der Waals surface area contributed by atoms with Crippen molar-refractivity contribution >= 4 is 10.9 Å². The molecule has 0 aliphatic rings. The molecular weight excluding hydrogens is 495 g/mol. The molecule has 0 radical (unpaired) electrons. The Morgan fingerprint density at radius 1 is 1.05 bits per heavy atom. The first kappa shape index (κ1) is 26.5. The van der Waals surface area contributed by atoms with E-state index in [4.69, 9.17) is 4.42 Å². The lowest BCUT2D eigenvalue weighted by atomic mass is 9.98. The number of halogens is 1. The minimum absolute atomic E-state index is 0.218. The molecule has 202 valence electrons. The van der Waals surface area contributed by atoms with Gasteiger partial charge in [-0.25, -0.2) is 9.07 Å². The number of rotatable bonds is 10. The number of hydrogen-bond donors (Lipinski definition) is 1.